The van der Waals surface area contributed by atoms with E-state index in [1.54, 1.807) is 4.98 Å². The number of alkyl halides is 3. The first-order chi connectivity index (χ1) is 6.06. The SMILES string of the molecule is O=c1cc(CCl)c(F)c(C(F)F)[nH]1. The van der Waals surface area contributed by atoms with Crippen molar-refractivity contribution in [2.24, 2.45) is 0 Å². The third-order valence-electron chi connectivity index (χ3n) is 1.44. The number of aromatic amines is 1. The summed E-state index contributed by atoms with van der Waals surface area (Å²) in [6.45, 7) is 0. The zero-order chi connectivity index (χ0) is 10.0. The molecule has 0 bridgehead atoms. The molecule has 6 heteroatoms. The standard InChI is InChI=1S/C7H5ClF3NO/c8-2-3-1-4(13)12-6(5(3)9)7(10)11/h1,7H,2H2,(H,12,13). The van der Waals surface area contributed by atoms with Crippen LogP contribution in [0.1, 0.15) is 17.7 Å². The van der Waals surface area contributed by atoms with Gasteiger partial charge in [0, 0.05) is 11.6 Å². The van der Waals surface area contributed by atoms with Crippen LogP contribution < -0.4 is 5.56 Å². The van der Waals surface area contributed by atoms with Gasteiger partial charge in [-0.1, -0.05) is 0 Å². The molecular formula is C7H5ClF3NO. The lowest BCUT2D eigenvalue weighted by Crippen LogP contribution is -2.12. The molecule has 0 atom stereocenters. The predicted octanol–water partition coefficient (Wildman–Crippen LogP) is 2.19. The molecule has 0 fully saturated rings. The molecule has 1 heterocycles. The number of H-pyrrole nitrogens is 1. The van der Waals surface area contributed by atoms with Gasteiger partial charge in [0.2, 0.25) is 5.56 Å². The molecule has 1 aromatic heterocycles. The molecule has 2 nitrogen and oxygen atoms in total. The normalized spacial score (nSPS) is 10.8. The highest BCUT2D eigenvalue weighted by atomic mass is 35.5. The van der Waals surface area contributed by atoms with Crippen LogP contribution in [-0.4, -0.2) is 4.98 Å². The van der Waals surface area contributed by atoms with Gasteiger partial charge in [0.05, 0.1) is 5.88 Å². The molecule has 0 unspecified atom stereocenters. The van der Waals surface area contributed by atoms with E-state index in [1.165, 1.54) is 0 Å². The molecule has 0 saturated heterocycles. The molecule has 0 radical (unpaired) electrons. The summed E-state index contributed by atoms with van der Waals surface area (Å²) in [6.07, 6.45) is -3.05. The summed E-state index contributed by atoms with van der Waals surface area (Å²) in [6, 6.07) is 0.855. The topological polar surface area (TPSA) is 32.9 Å². The Balaban J connectivity index is 3.36. The van der Waals surface area contributed by atoms with Crippen LogP contribution in [0.2, 0.25) is 0 Å². The summed E-state index contributed by atoms with van der Waals surface area (Å²) in [4.78, 5) is 12.4. The van der Waals surface area contributed by atoms with Crippen molar-refractivity contribution >= 4 is 11.6 Å². The van der Waals surface area contributed by atoms with E-state index in [4.69, 9.17) is 11.6 Å². The average Bonchev–Trinajstić information content (AvgIpc) is 2.08. The summed E-state index contributed by atoms with van der Waals surface area (Å²) in [5.74, 6) is -1.46. The van der Waals surface area contributed by atoms with Crippen molar-refractivity contribution < 1.29 is 13.2 Å². The highest BCUT2D eigenvalue weighted by Gasteiger charge is 2.17. The van der Waals surface area contributed by atoms with Crippen molar-refractivity contribution in [1.82, 2.24) is 4.98 Å². The molecule has 1 aromatic rings. The van der Waals surface area contributed by atoms with Crippen molar-refractivity contribution in [2.75, 3.05) is 0 Å². The van der Waals surface area contributed by atoms with Crippen LogP contribution in [0.3, 0.4) is 0 Å². The van der Waals surface area contributed by atoms with Crippen LogP contribution in [0.4, 0.5) is 13.2 Å². The minimum Gasteiger partial charge on any atom is -0.319 e. The van der Waals surface area contributed by atoms with Crippen LogP contribution in [0.15, 0.2) is 10.9 Å². The summed E-state index contributed by atoms with van der Waals surface area (Å²) >= 11 is 5.24. The fourth-order valence-electron chi connectivity index (χ4n) is 0.866. The minimum atomic E-state index is -3.05. The highest BCUT2D eigenvalue weighted by molar-refractivity contribution is 6.17. The Morgan fingerprint density at radius 3 is 2.62 bits per heavy atom. The van der Waals surface area contributed by atoms with Crippen LogP contribution in [0.5, 0.6) is 0 Å². The maximum Gasteiger partial charge on any atom is 0.281 e. The fourth-order valence-corrected chi connectivity index (χ4v) is 1.06. The van der Waals surface area contributed by atoms with Crippen LogP contribution in [0, 0.1) is 5.82 Å². The Kier molecular flexibility index (Phi) is 2.98. The molecule has 72 valence electrons. The van der Waals surface area contributed by atoms with Gasteiger partial charge in [-0.15, -0.1) is 11.6 Å². The number of nitrogens with one attached hydrogen (secondary N) is 1. The molecule has 0 aliphatic heterocycles. The van der Waals surface area contributed by atoms with Gasteiger partial charge < -0.3 is 4.98 Å². The number of halogens is 4. The number of hydrogen-bond acceptors (Lipinski definition) is 1. The number of rotatable bonds is 2. The van der Waals surface area contributed by atoms with E-state index in [-0.39, 0.29) is 11.4 Å². The molecular weight excluding hydrogens is 207 g/mol. The van der Waals surface area contributed by atoms with Crippen LogP contribution >= 0.6 is 11.6 Å². The molecule has 0 aliphatic carbocycles. The molecule has 0 amide bonds. The zero-order valence-corrected chi connectivity index (χ0v) is 7.04. The van der Waals surface area contributed by atoms with E-state index in [9.17, 15) is 18.0 Å². The van der Waals surface area contributed by atoms with Gasteiger partial charge in [0.15, 0.2) is 5.82 Å². The van der Waals surface area contributed by atoms with Crippen molar-refractivity contribution in [3.05, 3.63) is 33.5 Å². The Morgan fingerprint density at radius 1 is 1.54 bits per heavy atom. The number of aromatic nitrogens is 1. The predicted molar refractivity (Wildman–Crippen MR) is 41.5 cm³/mol. The van der Waals surface area contributed by atoms with Gasteiger partial charge >= 0.3 is 0 Å². The van der Waals surface area contributed by atoms with E-state index in [1.807, 2.05) is 0 Å². The first-order valence-electron chi connectivity index (χ1n) is 3.32. The fraction of sp³-hybridized carbons (Fsp3) is 0.286. The molecule has 0 saturated carbocycles. The summed E-state index contributed by atoms with van der Waals surface area (Å²) < 4.78 is 37.1. The summed E-state index contributed by atoms with van der Waals surface area (Å²) in [5.41, 5.74) is -2.02. The maximum atomic E-state index is 13.0. The Labute approximate surface area is 76.3 Å². The lowest BCUT2D eigenvalue weighted by atomic mass is 10.2. The molecule has 13 heavy (non-hydrogen) atoms. The quantitative estimate of drug-likeness (QED) is 0.748. The number of hydrogen-bond donors (Lipinski definition) is 1. The first kappa shape index (κ1) is 10.1. The van der Waals surface area contributed by atoms with E-state index in [0.717, 1.165) is 6.07 Å². The monoisotopic (exact) mass is 211 g/mol. The molecule has 0 aromatic carbocycles. The van der Waals surface area contributed by atoms with E-state index in [2.05, 4.69) is 0 Å². The smallest absolute Gasteiger partial charge is 0.281 e. The minimum absolute atomic E-state index is 0.222. The lowest BCUT2D eigenvalue weighted by Gasteiger charge is -2.03. The van der Waals surface area contributed by atoms with Crippen LogP contribution in [0.25, 0.3) is 0 Å². The molecule has 1 N–H and O–H groups in total. The molecule has 1 rings (SSSR count). The average molecular weight is 212 g/mol. The van der Waals surface area contributed by atoms with Crippen molar-refractivity contribution in [2.45, 2.75) is 12.3 Å². The Morgan fingerprint density at radius 2 is 2.15 bits per heavy atom. The van der Waals surface area contributed by atoms with E-state index >= 15 is 0 Å². The van der Waals surface area contributed by atoms with Crippen molar-refractivity contribution in [3.63, 3.8) is 0 Å². The van der Waals surface area contributed by atoms with Gasteiger partial charge in [-0.3, -0.25) is 4.79 Å². The highest BCUT2D eigenvalue weighted by Crippen LogP contribution is 2.20. The molecule has 0 aliphatic rings. The maximum absolute atomic E-state index is 13.0. The second kappa shape index (κ2) is 3.83. The van der Waals surface area contributed by atoms with Gasteiger partial charge in [-0.2, -0.15) is 0 Å². The van der Waals surface area contributed by atoms with Gasteiger partial charge in [0.1, 0.15) is 5.69 Å². The van der Waals surface area contributed by atoms with Crippen molar-refractivity contribution in [3.8, 4) is 0 Å². The van der Waals surface area contributed by atoms with Gasteiger partial charge in [-0.25, -0.2) is 13.2 Å². The second-order valence-corrected chi connectivity index (χ2v) is 2.59. The lowest BCUT2D eigenvalue weighted by molar-refractivity contribution is 0.140. The Hall–Kier alpha value is -0.970. The first-order valence-corrected chi connectivity index (χ1v) is 3.85. The van der Waals surface area contributed by atoms with E-state index < -0.39 is 23.5 Å². The third kappa shape index (κ3) is 2.03. The second-order valence-electron chi connectivity index (χ2n) is 2.32. The van der Waals surface area contributed by atoms with Crippen molar-refractivity contribution in [1.29, 1.82) is 0 Å². The third-order valence-corrected chi connectivity index (χ3v) is 1.73. The molecule has 0 spiro atoms. The zero-order valence-electron chi connectivity index (χ0n) is 6.28. The summed E-state index contributed by atoms with van der Waals surface area (Å²) in [7, 11) is 0. The van der Waals surface area contributed by atoms with Crippen LogP contribution in [-0.2, 0) is 5.88 Å². The number of pyridine rings is 1. The summed E-state index contributed by atoms with van der Waals surface area (Å²) in [5, 5.41) is 0. The van der Waals surface area contributed by atoms with E-state index in [0.29, 0.717) is 0 Å². The van der Waals surface area contributed by atoms with Gasteiger partial charge in [-0.05, 0) is 0 Å². The largest absolute Gasteiger partial charge is 0.319 e. The Bertz CT molecular complexity index is 363. The van der Waals surface area contributed by atoms with Gasteiger partial charge in [0.25, 0.3) is 6.43 Å².